The maximum absolute atomic E-state index is 13.2. The van der Waals surface area contributed by atoms with Gasteiger partial charge in [-0.2, -0.15) is 11.8 Å². The fraction of sp³-hybridized carbons (Fsp3) is 0.407. The molecule has 1 saturated heterocycles. The second-order valence-corrected chi connectivity index (χ2v) is 9.64. The Kier molecular flexibility index (Phi) is 12.6. The molecular weight excluding hydrogens is 469 g/mol. The quantitative estimate of drug-likeness (QED) is 0.389. The van der Waals surface area contributed by atoms with Crippen LogP contribution in [0.1, 0.15) is 40.7 Å². The van der Waals surface area contributed by atoms with Crippen LogP contribution in [0.25, 0.3) is 17.2 Å². The summed E-state index contributed by atoms with van der Waals surface area (Å²) in [5.74, 6) is -1.08. The maximum Gasteiger partial charge on any atom is 1.00 e. The molecule has 2 N–H and O–H groups in total. The Balaban J connectivity index is 0.00000456. The zero-order valence-corrected chi connectivity index (χ0v) is 22.4. The van der Waals surface area contributed by atoms with Crippen molar-refractivity contribution in [2.75, 3.05) is 32.3 Å². The molecule has 2 aromatic rings. The number of hydrazine groups is 1. The molecule has 2 aromatic carbocycles. The summed E-state index contributed by atoms with van der Waals surface area (Å²) in [4.78, 5) is 24.7. The third-order valence-electron chi connectivity index (χ3n) is 6.18. The largest absolute Gasteiger partial charge is 1.00 e. The van der Waals surface area contributed by atoms with Gasteiger partial charge in [0.05, 0.1) is 24.7 Å². The van der Waals surface area contributed by atoms with Crippen molar-refractivity contribution >= 4 is 29.7 Å². The Morgan fingerprint density at radius 1 is 1.25 bits per heavy atom. The van der Waals surface area contributed by atoms with Crippen molar-refractivity contribution in [3.05, 3.63) is 65.4 Å². The zero-order valence-electron chi connectivity index (χ0n) is 21.6. The van der Waals surface area contributed by atoms with Crippen molar-refractivity contribution in [3.63, 3.8) is 0 Å². The summed E-state index contributed by atoms with van der Waals surface area (Å²) in [6.07, 6.45) is 8.29. The zero-order chi connectivity index (χ0) is 25.2. The van der Waals surface area contributed by atoms with Crippen molar-refractivity contribution in [2.45, 2.75) is 38.3 Å². The summed E-state index contributed by atoms with van der Waals surface area (Å²) < 4.78 is 5.31. The van der Waals surface area contributed by atoms with Crippen molar-refractivity contribution < 1.29 is 38.3 Å². The molecule has 36 heavy (non-hydrogen) atoms. The third kappa shape index (κ3) is 8.15. The van der Waals surface area contributed by atoms with Crippen LogP contribution in [0.3, 0.4) is 0 Å². The van der Waals surface area contributed by atoms with Gasteiger partial charge in [0.15, 0.2) is 0 Å². The van der Waals surface area contributed by atoms with E-state index in [2.05, 4.69) is 15.8 Å². The number of carbonyl (C=O) groups is 2. The van der Waals surface area contributed by atoms with Gasteiger partial charge in [0, 0.05) is 25.4 Å². The summed E-state index contributed by atoms with van der Waals surface area (Å²) >= 11 is 1.53. The third-order valence-corrected chi connectivity index (χ3v) is 6.82. The number of nitrogens with zero attached hydrogens (tertiary/aromatic N) is 1. The molecule has 188 valence electrons. The first-order chi connectivity index (χ1) is 16.9. The standard InChI is InChI=1S/C27H35N3O4S.Li/c1-19-7-4-5-9-22(19)24-17-20(12-14-28-30-15-6-8-21(30)18-34-2)10-11-23(24)26(31)29-25(27(32)33)13-16-35-3;/h4-5,7,9-12,14,17,21,25,28H,6,8,13,15-16,18H2,1-3H3,(H,29,31)(H,32,33);/q;+1/p-1/b14-12+;/t21-,25+;/m1./s1. The molecule has 0 aromatic heterocycles. The first kappa shape index (κ1) is 30.0. The molecule has 1 heterocycles. The molecule has 0 spiro atoms. The molecule has 1 amide bonds. The summed E-state index contributed by atoms with van der Waals surface area (Å²) in [7, 11) is 1.72. The predicted octanol–water partition coefficient (Wildman–Crippen LogP) is -0.146. The number of carbonyl (C=O) groups excluding carboxylic acids is 2. The number of hydrogen-bond donors (Lipinski definition) is 2. The predicted molar refractivity (Wildman–Crippen MR) is 140 cm³/mol. The van der Waals surface area contributed by atoms with Crippen molar-refractivity contribution in [1.82, 2.24) is 15.8 Å². The van der Waals surface area contributed by atoms with Gasteiger partial charge in [0.2, 0.25) is 0 Å². The van der Waals surface area contributed by atoms with E-state index in [1.54, 1.807) is 13.2 Å². The van der Waals surface area contributed by atoms with Crippen LogP contribution in [0, 0.1) is 6.92 Å². The van der Waals surface area contributed by atoms with Crippen molar-refractivity contribution in [3.8, 4) is 11.1 Å². The summed E-state index contributed by atoms with van der Waals surface area (Å²) in [5.41, 5.74) is 7.41. The molecule has 3 rings (SSSR count). The monoisotopic (exact) mass is 503 g/mol. The van der Waals surface area contributed by atoms with Gasteiger partial charge < -0.3 is 25.4 Å². The Morgan fingerprint density at radius 2 is 2.03 bits per heavy atom. The van der Waals surface area contributed by atoms with E-state index in [9.17, 15) is 14.7 Å². The fourth-order valence-electron chi connectivity index (χ4n) is 4.28. The van der Waals surface area contributed by atoms with Gasteiger partial charge in [-0.3, -0.25) is 4.79 Å². The van der Waals surface area contributed by atoms with Gasteiger partial charge in [0.1, 0.15) is 0 Å². The van der Waals surface area contributed by atoms with Gasteiger partial charge in [0.25, 0.3) is 5.91 Å². The van der Waals surface area contributed by atoms with Gasteiger partial charge in [-0.15, -0.1) is 0 Å². The molecule has 1 aliphatic heterocycles. The van der Waals surface area contributed by atoms with E-state index in [4.69, 9.17) is 4.74 Å². The molecule has 1 aliphatic rings. The average Bonchev–Trinajstić information content (AvgIpc) is 3.29. The first-order valence-corrected chi connectivity index (χ1v) is 13.2. The number of methoxy groups -OCH3 is 1. The first-order valence-electron chi connectivity index (χ1n) is 11.8. The number of amides is 1. The van der Waals surface area contributed by atoms with E-state index in [0.29, 0.717) is 30.4 Å². The van der Waals surface area contributed by atoms with Crippen LogP contribution < -0.4 is 34.7 Å². The number of hydrogen-bond acceptors (Lipinski definition) is 7. The van der Waals surface area contributed by atoms with Crippen LogP contribution >= 0.6 is 11.8 Å². The number of aryl methyl sites for hydroxylation is 1. The Morgan fingerprint density at radius 3 is 2.72 bits per heavy atom. The molecule has 2 atom stereocenters. The summed E-state index contributed by atoms with van der Waals surface area (Å²) in [6, 6.07) is 12.7. The summed E-state index contributed by atoms with van der Waals surface area (Å²) in [5, 5.41) is 16.4. The molecule has 0 unspecified atom stereocenters. The Bertz CT molecular complexity index is 1050. The number of benzene rings is 2. The van der Waals surface area contributed by atoms with E-state index in [1.807, 2.05) is 61.9 Å². The minimum absolute atomic E-state index is 0. The minimum Gasteiger partial charge on any atom is -0.548 e. The second kappa shape index (κ2) is 15.1. The smallest absolute Gasteiger partial charge is 0.548 e. The molecule has 1 fully saturated rings. The topological polar surface area (TPSA) is 93.7 Å². The number of aliphatic carboxylic acids is 1. The van der Waals surface area contributed by atoms with Crippen LogP contribution in [0.5, 0.6) is 0 Å². The number of carboxylic acids is 1. The molecule has 7 nitrogen and oxygen atoms in total. The Labute approximate surface area is 230 Å². The van der Waals surface area contributed by atoms with Gasteiger partial charge in [-0.25, -0.2) is 5.01 Å². The fourth-order valence-corrected chi connectivity index (χ4v) is 4.75. The van der Waals surface area contributed by atoms with Crippen LogP contribution in [0.4, 0.5) is 0 Å². The molecule has 0 saturated carbocycles. The molecular formula is C27H34LiN3O4S. The number of rotatable bonds is 12. The number of thioether (sulfide) groups is 1. The maximum atomic E-state index is 13.2. The van der Waals surface area contributed by atoms with Gasteiger partial charge in [-0.1, -0.05) is 30.3 Å². The van der Waals surface area contributed by atoms with Crippen LogP contribution in [0.15, 0.2) is 48.7 Å². The van der Waals surface area contributed by atoms with E-state index < -0.39 is 17.9 Å². The second-order valence-electron chi connectivity index (χ2n) is 8.65. The van der Waals surface area contributed by atoms with E-state index >= 15 is 0 Å². The van der Waals surface area contributed by atoms with Gasteiger partial charge >= 0.3 is 18.9 Å². The Hall–Kier alpha value is -2.21. The van der Waals surface area contributed by atoms with E-state index in [-0.39, 0.29) is 18.9 Å². The van der Waals surface area contributed by atoms with Crippen LogP contribution in [0.2, 0.25) is 0 Å². The van der Waals surface area contributed by atoms with Crippen molar-refractivity contribution in [2.24, 2.45) is 0 Å². The van der Waals surface area contributed by atoms with Crippen LogP contribution in [-0.2, 0) is 9.53 Å². The average molecular weight is 504 g/mol. The van der Waals surface area contributed by atoms with Crippen molar-refractivity contribution in [1.29, 1.82) is 0 Å². The SMILES string of the molecule is COC[C@H]1CCCN1N/C=C/c1ccc(C(=O)N[C@@H](CCSC)C(=O)[O-])c(-c2ccccc2C)c1.[Li+]. The van der Waals surface area contributed by atoms with E-state index in [0.717, 1.165) is 41.6 Å². The molecule has 9 heteroatoms. The minimum atomic E-state index is -1.27. The molecule has 0 aliphatic carbocycles. The summed E-state index contributed by atoms with van der Waals surface area (Å²) in [6.45, 7) is 3.64. The van der Waals surface area contributed by atoms with Crippen LogP contribution in [-0.4, -0.2) is 61.2 Å². The number of ether oxygens (including phenoxy) is 1. The normalized spacial score (nSPS) is 16.5. The van der Waals surface area contributed by atoms with E-state index in [1.165, 1.54) is 11.8 Å². The number of nitrogens with one attached hydrogen (secondary N) is 2. The van der Waals surface area contributed by atoms with Gasteiger partial charge in [-0.05, 0) is 78.7 Å². The number of carboxylic acid groups (broad SMARTS) is 1. The molecule has 0 radical (unpaired) electrons. The molecule has 0 bridgehead atoms.